The lowest BCUT2D eigenvalue weighted by Gasteiger charge is -2.29. The number of aromatic nitrogens is 2. The molecule has 0 N–H and O–H groups in total. The number of hydrogen-bond donors (Lipinski definition) is 0. The number of alkyl halides is 1. The summed E-state index contributed by atoms with van der Waals surface area (Å²) < 4.78 is 20.4. The van der Waals surface area contributed by atoms with E-state index >= 15 is 0 Å². The number of ether oxygens (including phenoxy) is 1. The molecular formula is C16H20FN3O2. The van der Waals surface area contributed by atoms with Gasteiger partial charge in [-0.2, -0.15) is 0 Å². The molecular weight excluding hydrogens is 285 g/mol. The summed E-state index contributed by atoms with van der Waals surface area (Å²) in [5.41, 5.74) is 1.36. The van der Waals surface area contributed by atoms with E-state index < -0.39 is 6.17 Å². The first kappa shape index (κ1) is 15.0. The molecule has 22 heavy (non-hydrogen) atoms. The highest BCUT2D eigenvalue weighted by Gasteiger charge is 2.19. The number of rotatable bonds is 4. The summed E-state index contributed by atoms with van der Waals surface area (Å²) in [5, 5.41) is 0. The molecule has 1 aromatic heterocycles. The quantitative estimate of drug-likeness (QED) is 0.865. The van der Waals surface area contributed by atoms with Crippen LogP contribution in [0.25, 0.3) is 11.0 Å². The normalized spacial score (nSPS) is 19.5. The molecule has 0 bridgehead atoms. The molecule has 1 aliphatic heterocycles. The Morgan fingerprint density at radius 2 is 2.27 bits per heavy atom. The van der Waals surface area contributed by atoms with E-state index in [0.29, 0.717) is 31.8 Å². The highest BCUT2D eigenvalue weighted by atomic mass is 19.1. The van der Waals surface area contributed by atoms with E-state index in [1.165, 1.54) is 6.20 Å². The van der Waals surface area contributed by atoms with E-state index in [2.05, 4.69) is 9.88 Å². The van der Waals surface area contributed by atoms with Gasteiger partial charge in [-0.05, 0) is 31.5 Å². The lowest BCUT2D eigenvalue weighted by atomic mass is 10.1. The van der Waals surface area contributed by atoms with E-state index in [1.807, 2.05) is 18.2 Å². The van der Waals surface area contributed by atoms with Crippen LogP contribution in [0.2, 0.25) is 0 Å². The van der Waals surface area contributed by atoms with Crippen LogP contribution in [0.1, 0.15) is 12.8 Å². The molecule has 6 heteroatoms. The summed E-state index contributed by atoms with van der Waals surface area (Å²) in [6.07, 6.45) is 2.11. The van der Waals surface area contributed by atoms with Crippen LogP contribution in [-0.2, 0) is 6.54 Å². The second-order valence-corrected chi connectivity index (χ2v) is 5.64. The largest absolute Gasteiger partial charge is 0.497 e. The SMILES string of the molecule is COc1ccc2ncc(=O)n(CCN3CCCC(F)C3)c2c1. The van der Waals surface area contributed by atoms with Crippen LogP contribution in [-0.4, -0.2) is 47.4 Å². The van der Waals surface area contributed by atoms with Crippen LogP contribution >= 0.6 is 0 Å². The number of methoxy groups -OCH3 is 1. The molecule has 0 aliphatic carbocycles. The summed E-state index contributed by atoms with van der Waals surface area (Å²) in [5.74, 6) is 0.690. The van der Waals surface area contributed by atoms with Gasteiger partial charge in [-0.15, -0.1) is 0 Å². The van der Waals surface area contributed by atoms with Crippen LogP contribution in [0.5, 0.6) is 5.75 Å². The van der Waals surface area contributed by atoms with E-state index in [4.69, 9.17) is 4.74 Å². The molecule has 1 fully saturated rings. The van der Waals surface area contributed by atoms with Gasteiger partial charge in [0, 0.05) is 25.7 Å². The fourth-order valence-corrected chi connectivity index (χ4v) is 2.94. The Morgan fingerprint density at radius 3 is 3.05 bits per heavy atom. The third-order valence-electron chi connectivity index (χ3n) is 4.14. The zero-order valence-electron chi connectivity index (χ0n) is 12.7. The highest BCUT2D eigenvalue weighted by molar-refractivity contribution is 5.76. The Bertz CT molecular complexity index is 716. The second-order valence-electron chi connectivity index (χ2n) is 5.64. The van der Waals surface area contributed by atoms with Gasteiger partial charge >= 0.3 is 0 Å². The van der Waals surface area contributed by atoms with Gasteiger partial charge in [0.05, 0.1) is 24.3 Å². The van der Waals surface area contributed by atoms with E-state index in [9.17, 15) is 9.18 Å². The molecule has 1 aromatic carbocycles. The van der Waals surface area contributed by atoms with Crippen LogP contribution < -0.4 is 10.3 Å². The number of hydrogen-bond acceptors (Lipinski definition) is 4. The third kappa shape index (κ3) is 3.11. The van der Waals surface area contributed by atoms with Crippen molar-refractivity contribution < 1.29 is 9.13 Å². The number of nitrogens with zero attached hydrogens (tertiary/aromatic N) is 3. The van der Waals surface area contributed by atoms with Crippen molar-refractivity contribution in [2.24, 2.45) is 0 Å². The number of fused-ring (bicyclic) bond motifs is 1. The maximum atomic E-state index is 13.5. The van der Waals surface area contributed by atoms with Crippen molar-refractivity contribution in [2.45, 2.75) is 25.6 Å². The van der Waals surface area contributed by atoms with Crippen molar-refractivity contribution in [2.75, 3.05) is 26.7 Å². The zero-order chi connectivity index (χ0) is 15.5. The Kier molecular flexibility index (Phi) is 4.38. The number of benzene rings is 1. The Labute approximate surface area is 128 Å². The summed E-state index contributed by atoms with van der Waals surface area (Å²) in [6.45, 7) is 2.54. The van der Waals surface area contributed by atoms with Crippen LogP contribution in [0.4, 0.5) is 4.39 Å². The number of likely N-dealkylation sites (tertiary alicyclic amines) is 1. The van der Waals surface area contributed by atoms with Gasteiger partial charge in [-0.3, -0.25) is 9.69 Å². The second kappa shape index (κ2) is 6.44. The molecule has 2 heterocycles. The van der Waals surface area contributed by atoms with Crippen molar-refractivity contribution in [3.8, 4) is 5.75 Å². The highest BCUT2D eigenvalue weighted by Crippen LogP contribution is 2.18. The lowest BCUT2D eigenvalue weighted by Crippen LogP contribution is -2.39. The smallest absolute Gasteiger partial charge is 0.269 e. The zero-order valence-corrected chi connectivity index (χ0v) is 12.7. The van der Waals surface area contributed by atoms with Crippen LogP contribution in [0.15, 0.2) is 29.2 Å². The predicted molar refractivity (Wildman–Crippen MR) is 83.1 cm³/mol. The van der Waals surface area contributed by atoms with Crippen LogP contribution in [0, 0.1) is 0 Å². The minimum absolute atomic E-state index is 0.144. The topological polar surface area (TPSA) is 47.4 Å². The minimum Gasteiger partial charge on any atom is -0.497 e. The first-order valence-corrected chi connectivity index (χ1v) is 7.57. The van der Waals surface area contributed by atoms with Gasteiger partial charge in [-0.25, -0.2) is 9.37 Å². The molecule has 1 saturated heterocycles. The molecule has 1 atom stereocenters. The number of halogens is 1. The van der Waals surface area contributed by atoms with E-state index in [0.717, 1.165) is 24.0 Å². The molecule has 5 nitrogen and oxygen atoms in total. The fourth-order valence-electron chi connectivity index (χ4n) is 2.94. The van der Waals surface area contributed by atoms with Crippen molar-refractivity contribution in [3.05, 3.63) is 34.7 Å². The first-order valence-electron chi connectivity index (χ1n) is 7.57. The Balaban J connectivity index is 1.85. The lowest BCUT2D eigenvalue weighted by molar-refractivity contribution is 0.135. The molecule has 118 valence electrons. The molecule has 0 spiro atoms. The predicted octanol–water partition coefficient (Wildman–Crippen LogP) is 1.84. The summed E-state index contributed by atoms with van der Waals surface area (Å²) in [4.78, 5) is 18.4. The van der Waals surface area contributed by atoms with Crippen molar-refractivity contribution in [1.29, 1.82) is 0 Å². The molecule has 2 aromatic rings. The Hall–Kier alpha value is -1.95. The molecule has 3 rings (SSSR count). The van der Waals surface area contributed by atoms with Gasteiger partial charge in [0.25, 0.3) is 5.56 Å². The third-order valence-corrected chi connectivity index (χ3v) is 4.14. The summed E-state index contributed by atoms with van der Waals surface area (Å²) in [7, 11) is 1.59. The van der Waals surface area contributed by atoms with E-state index in [1.54, 1.807) is 11.7 Å². The van der Waals surface area contributed by atoms with Gasteiger partial charge in [0.2, 0.25) is 0 Å². The Morgan fingerprint density at radius 1 is 1.41 bits per heavy atom. The van der Waals surface area contributed by atoms with Gasteiger partial charge < -0.3 is 9.30 Å². The van der Waals surface area contributed by atoms with Crippen molar-refractivity contribution >= 4 is 11.0 Å². The van der Waals surface area contributed by atoms with Gasteiger partial charge in [0.15, 0.2) is 0 Å². The average molecular weight is 305 g/mol. The minimum atomic E-state index is -0.750. The van der Waals surface area contributed by atoms with Crippen molar-refractivity contribution in [1.82, 2.24) is 14.5 Å². The fraction of sp³-hybridized carbons (Fsp3) is 0.500. The standard InChI is InChI=1S/C16H20FN3O2/c1-22-13-4-5-14-15(9-13)20(16(21)10-18-14)8-7-19-6-2-3-12(17)11-19/h4-5,9-10,12H,2-3,6-8,11H2,1H3. The maximum Gasteiger partial charge on any atom is 0.269 e. The maximum absolute atomic E-state index is 13.5. The van der Waals surface area contributed by atoms with E-state index in [-0.39, 0.29) is 5.56 Å². The molecule has 0 amide bonds. The monoisotopic (exact) mass is 305 g/mol. The van der Waals surface area contributed by atoms with Gasteiger partial charge in [0.1, 0.15) is 11.9 Å². The van der Waals surface area contributed by atoms with Gasteiger partial charge in [-0.1, -0.05) is 0 Å². The summed E-state index contributed by atoms with van der Waals surface area (Å²) in [6, 6.07) is 5.48. The first-order chi connectivity index (χ1) is 10.7. The summed E-state index contributed by atoms with van der Waals surface area (Å²) >= 11 is 0. The average Bonchev–Trinajstić information content (AvgIpc) is 2.53. The molecule has 1 unspecified atom stereocenters. The molecule has 0 radical (unpaired) electrons. The molecule has 1 aliphatic rings. The molecule has 0 saturated carbocycles. The van der Waals surface area contributed by atoms with Crippen molar-refractivity contribution in [3.63, 3.8) is 0 Å². The van der Waals surface area contributed by atoms with Crippen LogP contribution in [0.3, 0.4) is 0 Å². The number of piperidine rings is 1.